The van der Waals surface area contributed by atoms with Gasteiger partial charge in [0.05, 0.1) is 6.61 Å². The molecule has 0 aliphatic carbocycles. The van der Waals surface area contributed by atoms with Crippen LogP contribution < -0.4 is 0 Å². The number of fused-ring (bicyclic) bond motifs is 1. The maximum atomic E-state index is 11.9. The Kier molecular flexibility index (Phi) is 4.49. The van der Waals surface area contributed by atoms with E-state index < -0.39 is 10.8 Å². The molecule has 4 nitrogen and oxygen atoms in total. The van der Waals surface area contributed by atoms with Gasteiger partial charge < -0.3 is 10.0 Å². The summed E-state index contributed by atoms with van der Waals surface area (Å²) in [4.78, 5) is 13.7. The Labute approximate surface area is 109 Å². The number of benzene rings is 1. The number of hydrogen-bond donors (Lipinski definition) is 1. The van der Waals surface area contributed by atoms with Crippen LogP contribution in [0.1, 0.15) is 11.1 Å². The summed E-state index contributed by atoms with van der Waals surface area (Å²) in [5, 5.41) is 8.67. The van der Waals surface area contributed by atoms with Crippen molar-refractivity contribution < 1.29 is 14.1 Å². The van der Waals surface area contributed by atoms with Crippen LogP contribution in [0.4, 0.5) is 0 Å². The Morgan fingerprint density at radius 3 is 2.78 bits per heavy atom. The summed E-state index contributed by atoms with van der Waals surface area (Å²) in [6.45, 7) is 1.15. The molecule has 0 saturated carbocycles. The number of aliphatic hydroxyl groups excluding tert-OH is 1. The zero-order valence-electron chi connectivity index (χ0n) is 10.2. The molecule has 1 atom stereocenters. The Balaban J connectivity index is 1.96. The first kappa shape index (κ1) is 13.2. The summed E-state index contributed by atoms with van der Waals surface area (Å²) in [7, 11) is -1.25. The summed E-state index contributed by atoms with van der Waals surface area (Å²) >= 11 is 0. The lowest BCUT2D eigenvalue weighted by molar-refractivity contribution is -0.129. The van der Waals surface area contributed by atoms with Gasteiger partial charge in [0.15, 0.2) is 0 Å². The molecule has 1 unspecified atom stereocenters. The SMILES string of the molecule is O=C(CS(=O)CCO)N1CCc2ccccc2C1. The van der Waals surface area contributed by atoms with E-state index >= 15 is 0 Å². The fraction of sp³-hybridized carbons (Fsp3) is 0.462. The van der Waals surface area contributed by atoms with E-state index in [-0.39, 0.29) is 24.0 Å². The first-order valence-corrected chi connectivity index (χ1v) is 7.50. The van der Waals surface area contributed by atoms with Crippen LogP contribution in [-0.2, 0) is 28.6 Å². The Bertz CT molecular complexity index is 461. The molecule has 1 N–H and O–H groups in total. The van der Waals surface area contributed by atoms with Gasteiger partial charge in [0.25, 0.3) is 0 Å². The van der Waals surface area contributed by atoms with E-state index in [9.17, 15) is 9.00 Å². The molecule has 1 aromatic rings. The molecule has 0 spiro atoms. The normalized spacial score (nSPS) is 16.2. The number of amides is 1. The maximum absolute atomic E-state index is 11.9. The van der Waals surface area contributed by atoms with E-state index in [1.165, 1.54) is 11.1 Å². The molecule has 1 aromatic carbocycles. The molecule has 5 heteroatoms. The highest BCUT2D eigenvalue weighted by Crippen LogP contribution is 2.18. The van der Waals surface area contributed by atoms with Gasteiger partial charge in [-0.1, -0.05) is 24.3 Å². The van der Waals surface area contributed by atoms with Gasteiger partial charge in [-0.25, -0.2) is 0 Å². The minimum absolute atomic E-state index is 0.0166. The fourth-order valence-corrected chi connectivity index (χ4v) is 2.92. The number of hydrogen-bond acceptors (Lipinski definition) is 3. The van der Waals surface area contributed by atoms with Crippen molar-refractivity contribution >= 4 is 16.7 Å². The van der Waals surface area contributed by atoms with Crippen molar-refractivity contribution in [1.29, 1.82) is 0 Å². The van der Waals surface area contributed by atoms with Crippen LogP contribution in [-0.4, -0.2) is 44.8 Å². The topological polar surface area (TPSA) is 57.6 Å². The van der Waals surface area contributed by atoms with Crippen LogP contribution in [0, 0.1) is 0 Å². The van der Waals surface area contributed by atoms with Crippen molar-refractivity contribution in [3.8, 4) is 0 Å². The number of carbonyl (C=O) groups excluding carboxylic acids is 1. The van der Waals surface area contributed by atoms with E-state index in [0.717, 1.165) is 6.42 Å². The third-order valence-corrected chi connectivity index (χ3v) is 4.29. The average Bonchev–Trinajstić information content (AvgIpc) is 2.38. The Hall–Kier alpha value is -1.20. The fourth-order valence-electron chi connectivity index (χ4n) is 2.11. The van der Waals surface area contributed by atoms with E-state index in [1.54, 1.807) is 4.90 Å². The zero-order chi connectivity index (χ0) is 13.0. The lowest BCUT2D eigenvalue weighted by Gasteiger charge is -2.28. The van der Waals surface area contributed by atoms with Crippen molar-refractivity contribution in [3.05, 3.63) is 35.4 Å². The van der Waals surface area contributed by atoms with E-state index in [0.29, 0.717) is 13.1 Å². The molecule has 0 saturated heterocycles. The van der Waals surface area contributed by atoms with Crippen LogP contribution in [0.5, 0.6) is 0 Å². The largest absolute Gasteiger partial charge is 0.395 e. The molecule has 2 rings (SSSR count). The van der Waals surface area contributed by atoms with Crippen molar-refractivity contribution in [3.63, 3.8) is 0 Å². The Morgan fingerprint density at radius 1 is 1.33 bits per heavy atom. The minimum Gasteiger partial charge on any atom is -0.395 e. The van der Waals surface area contributed by atoms with Gasteiger partial charge in [-0.15, -0.1) is 0 Å². The summed E-state index contributed by atoms with van der Waals surface area (Å²) in [5.74, 6) is 0.107. The van der Waals surface area contributed by atoms with Gasteiger partial charge >= 0.3 is 0 Å². The van der Waals surface area contributed by atoms with Crippen LogP contribution in [0.15, 0.2) is 24.3 Å². The molecule has 98 valence electrons. The second-order valence-electron chi connectivity index (χ2n) is 4.35. The lowest BCUT2D eigenvalue weighted by atomic mass is 10.00. The maximum Gasteiger partial charge on any atom is 0.235 e. The third-order valence-electron chi connectivity index (χ3n) is 3.09. The van der Waals surface area contributed by atoms with Crippen LogP contribution in [0.25, 0.3) is 0 Å². The average molecular weight is 267 g/mol. The van der Waals surface area contributed by atoms with Crippen molar-refractivity contribution in [2.45, 2.75) is 13.0 Å². The molecule has 1 heterocycles. The number of aliphatic hydroxyl groups is 1. The second kappa shape index (κ2) is 6.11. The van der Waals surface area contributed by atoms with Gasteiger partial charge in [-0.3, -0.25) is 9.00 Å². The number of nitrogens with zero attached hydrogens (tertiary/aromatic N) is 1. The first-order chi connectivity index (χ1) is 8.70. The predicted octanol–water partition coefficient (Wildman–Crippen LogP) is 0.312. The first-order valence-electron chi connectivity index (χ1n) is 6.01. The molecule has 0 radical (unpaired) electrons. The standard InChI is InChI=1S/C13H17NO3S/c15-7-8-18(17)10-13(16)14-6-5-11-3-1-2-4-12(11)9-14/h1-4,15H,5-10H2. The predicted molar refractivity (Wildman–Crippen MR) is 70.5 cm³/mol. The Morgan fingerprint density at radius 2 is 2.06 bits per heavy atom. The second-order valence-corrected chi connectivity index (χ2v) is 5.92. The summed E-state index contributed by atoms with van der Waals surface area (Å²) < 4.78 is 11.4. The van der Waals surface area contributed by atoms with Gasteiger partial charge in [0.1, 0.15) is 5.75 Å². The van der Waals surface area contributed by atoms with Crippen molar-refractivity contribution in [2.24, 2.45) is 0 Å². The van der Waals surface area contributed by atoms with E-state index in [2.05, 4.69) is 6.07 Å². The van der Waals surface area contributed by atoms with E-state index in [1.807, 2.05) is 18.2 Å². The third kappa shape index (κ3) is 3.17. The van der Waals surface area contributed by atoms with Crippen molar-refractivity contribution in [2.75, 3.05) is 24.7 Å². The summed E-state index contributed by atoms with van der Waals surface area (Å²) in [6.07, 6.45) is 0.856. The quantitative estimate of drug-likeness (QED) is 0.854. The highest BCUT2D eigenvalue weighted by Gasteiger charge is 2.21. The molecule has 0 fully saturated rings. The zero-order valence-corrected chi connectivity index (χ0v) is 11.0. The van der Waals surface area contributed by atoms with E-state index in [4.69, 9.17) is 5.11 Å². The van der Waals surface area contributed by atoms with Gasteiger partial charge in [0.2, 0.25) is 5.91 Å². The number of carbonyl (C=O) groups is 1. The molecular weight excluding hydrogens is 250 g/mol. The molecular formula is C13H17NO3S. The monoisotopic (exact) mass is 267 g/mol. The molecule has 0 aromatic heterocycles. The van der Waals surface area contributed by atoms with Crippen LogP contribution in [0.3, 0.4) is 0 Å². The van der Waals surface area contributed by atoms with Gasteiger partial charge in [-0.05, 0) is 17.5 Å². The molecule has 1 aliphatic heterocycles. The highest BCUT2D eigenvalue weighted by molar-refractivity contribution is 7.85. The van der Waals surface area contributed by atoms with Gasteiger partial charge in [0, 0.05) is 29.6 Å². The highest BCUT2D eigenvalue weighted by atomic mass is 32.2. The van der Waals surface area contributed by atoms with Crippen molar-refractivity contribution in [1.82, 2.24) is 4.90 Å². The molecule has 0 bridgehead atoms. The molecule has 18 heavy (non-hydrogen) atoms. The van der Waals surface area contributed by atoms with Crippen LogP contribution >= 0.6 is 0 Å². The van der Waals surface area contributed by atoms with Gasteiger partial charge in [-0.2, -0.15) is 0 Å². The smallest absolute Gasteiger partial charge is 0.235 e. The lowest BCUT2D eigenvalue weighted by Crippen LogP contribution is -2.38. The number of rotatable bonds is 4. The summed E-state index contributed by atoms with van der Waals surface area (Å²) in [5.41, 5.74) is 2.46. The van der Waals surface area contributed by atoms with Crippen LogP contribution in [0.2, 0.25) is 0 Å². The summed E-state index contributed by atoms with van der Waals surface area (Å²) in [6, 6.07) is 8.09. The molecule has 1 amide bonds. The molecule has 1 aliphatic rings. The minimum atomic E-state index is -1.25.